The van der Waals surface area contributed by atoms with Crippen LogP contribution in [-0.2, 0) is 14.8 Å². The number of sulfonamides is 1. The highest BCUT2D eigenvalue weighted by Crippen LogP contribution is 2.25. The van der Waals surface area contributed by atoms with Gasteiger partial charge < -0.3 is 14.8 Å². The summed E-state index contributed by atoms with van der Waals surface area (Å²) >= 11 is 0. The molecule has 0 saturated carbocycles. The van der Waals surface area contributed by atoms with Crippen molar-refractivity contribution in [2.24, 2.45) is 0 Å². The van der Waals surface area contributed by atoms with Crippen LogP contribution in [-0.4, -0.2) is 58.2 Å². The molecule has 0 radical (unpaired) electrons. The van der Waals surface area contributed by atoms with E-state index in [-0.39, 0.29) is 11.9 Å². The molecule has 1 aliphatic heterocycles. The maximum atomic E-state index is 12.1. The van der Waals surface area contributed by atoms with Crippen LogP contribution in [0.15, 0.2) is 24.3 Å². The molecule has 2 rings (SSSR count). The molecule has 8 heteroatoms. The molecule has 1 aliphatic rings. The Morgan fingerprint density at radius 2 is 1.92 bits per heavy atom. The zero-order valence-electron chi connectivity index (χ0n) is 14.7. The molecule has 7 nitrogen and oxygen atoms in total. The Kier molecular flexibility index (Phi) is 6.44. The Balaban J connectivity index is 1.92. The quantitative estimate of drug-likeness (QED) is 0.764. The molecule has 1 aromatic rings. The minimum atomic E-state index is -3.16. The smallest absolute Gasteiger partial charge is 0.244 e. The summed E-state index contributed by atoms with van der Waals surface area (Å²) in [6, 6.07) is 5.33. The maximum Gasteiger partial charge on any atom is 0.244 e. The van der Waals surface area contributed by atoms with Crippen LogP contribution in [0.5, 0.6) is 11.5 Å². The molecule has 1 heterocycles. The van der Waals surface area contributed by atoms with Crippen LogP contribution in [0.1, 0.15) is 18.4 Å². The van der Waals surface area contributed by atoms with Gasteiger partial charge in [0.1, 0.15) is 11.5 Å². The van der Waals surface area contributed by atoms with Gasteiger partial charge in [-0.15, -0.1) is 0 Å². The predicted molar refractivity (Wildman–Crippen MR) is 96.2 cm³/mol. The van der Waals surface area contributed by atoms with Gasteiger partial charge in [-0.3, -0.25) is 4.79 Å². The van der Waals surface area contributed by atoms with Crippen molar-refractivity contribution in [2.45, 2.75) is 18.9 Å². The predicted octanol–water partition coefficient (Wildman–Crippen LogP) is 1.26. The zero-order chi connectivity index (χ0) is 18.4. The second-order valence-corrected chi connectivity index (χ2v) is 7.87. The van der Waals surface area contributed by atoms with Crippen LogP contribution in [0, 0.1) is 0 Å². The first-order valence-corrected chi connectivity index (χ1v) is 9.84. The number of rotatable bonds is 6. The van der Waals surface area contributed by atoms with E-state index in [0.29, 0.717) is 37.4 Å². The molecule has 25 heavy (non-hydrogen) atoms. The highest BCUT2D eigenvalue weighted by molar-refractivity contribution is 7.88. The molecule has 1 amide bonds. The van der Waals surface area contributed by atoms with E-state index in [9.17, 15) is 13.2 Å². The Morgan fingerprint density at radius 3 is 2.48 bits per heavy atom. The third-order valence-electron chi connectivity index (χ3n) is 4.12. The molecule has 1 fully saturated rings. The van der Waals surface area contributed by atoms with E-state index in [0.717, 1.165) is 5.56 Å². The Bertz CT molecular complexity index is 737. The number of benzene rings is 1. The number of methoxy groups -OCH3 is 2. The van der Waals surface area contributed by atoms with E-state index >= 15 is 0 Å². The van der Waals surface area contributed by atoms with E-state index in [2.05, 4.69) is 5.32 Å². The Labute approximate surface area is 148 Å². The molecular formula is C17H24N2O5S. The number of hydrogen-bond acceptors (Lipinski definition) is 5. The summed E-state index contributed by atoms with van der Waals surface area (Å²) in [6.45, 7) is 0.861. The third kappa shape index (κ3) is 5.47. The number of ether oxygens (including phenoxy) is 2. The van der Waals surface area contributed by atoms with Gasteiger partial charge in [-0.05, 0) is 31.1 Å². The number of nitrogens with one attached hydrogen (secondary N) is 1. The van der Waals surface area contributed by atoms with Crippen molar-refractivity contribution in [3.05, 3.63) is 29.8 Å². The van der Waals surface area contributed by atoms with Gasteiger partial charge >= 0.3 is 0 Å². The lowest BCUT2D eigenvalue weighted by molar-refractivity contribution is -0.117. The second-order valence-electron chi connectivity index (χ2n) is 5.89. The van der Waals surface area contributed by atoms with Crippen LogP contribution < -0.4 is 14.8 Å². The van der Waals surface area contributed by atoms with Crippen LogP contribution in [0.2, 0.25) is 0 Å². The highest BCUT2D eigenvalue weighted by Gasteiger charge is 2.25. The van der Waals surface area contributed by atoms with Crippen LogP contribution >= 0.6 is 0 Å². The number of hydrogen-bond donors (Lipinski definition) is 1. The van der Waals surface area contributed by atoms with Gasteiger partial charge in [0.25, 0.3) is 0 Å². The lowest BCUT2D eigenvalue weighted by atomic mass is 10.1. The summed E-state index contributed by atoms with van der Waals surface area (Å²) in [4.78, 5) is 12.1. The number of nitrogens with zero attached hydrogens (tertiary/aromatic N) is 1. The molecule has 1 N–H and O–H groups in total. The molecule has 0 atom stereocenters. The lowest BCUT2D eigenvalue weighted by Crippen LogP contribution is -2.45. The fourth-order valence-corrected chi connectivity index (χ4v) is 3.58. The van der Waals surface area contributed by atoms with Gasteiger partial charge in [-0.1, -0.05) is 0 Å². The van der Waals surface area contributed by atoms with E-state index in [1.807, 2.05) is 6.07 Å². The molecule has 138 valence electrons. The van der Waals surface area contributed by atoms with Crippen LogP contribution in [0.4, 0.5) is 0 Å². The Morgan fingerprint density at radius 1 is 1.24 bits per heavy atom. The molecule has 0 aliphatic carbocycles. The first-order chi connectivity index (χ1) is 11.8. The van der Waals surface area contributed by atoms with Crippen LogP contribution in [0.25, 0.3) is 6.08 Å². The molecular weight excluding hydrogens is 344 g/mol. The average Bonchev–Trinajstić information content (AvgIpc) is 2.59. The minimum absolute atomic E-state index is 0.0205. The second kappa shape index (κ2) is 8.35. The van der Waals surface area contributed by atoms with Crippen molar-refractivity contribution >= 4 is 22.0 Å². The summed E-state index contributed by atoms with van der Waals surface area (Å²) in [5, 5.41) is 2.91. The van der Waals surface area contributed by atoms with E-state index in [4.69, 9.17) is 9.47 Å². The van der Waals surface area contributed by atoms with Gasteiger partial charge in [-0.2, -0.15) is 0 Å². The summed E-state index contributed by atoms with van der Waals surface area (Å²) in [7, 11) is -0.0215. The lowest BCUT2D eigenvalue weighted by Gasteiger charge is -2.30. The van der Waals surface area contributed by atoms with Crippen molar-refractivity contribution < 1.29 is 22.7 Å². The highest BCUT2D eigenvalue weighted by atomic mass is 32.2. The van der Waals surface area contributed by atoms with Crippen molar-refractivity contribution in [2.75, 3.05) is 33.6 Å². The van der Waals surface area contributed by atoms with Gasteiger partial charge in [-0.25, -0.2) is 12.7 Å². The zero-order valence-corrected chi connectivity index (χ0v) is 15.5. The number of carbonyl (C=O) groups is 1. The SMILES string of the molecule is COc1ccc(/C=C/C(=O)NC2CCN(S(C)(=O)=O)CC2)c(OC)c1. The summed E-state index contributed by atoms with van der Waals surface area (Å²) in [5.74, 6) is 1.08. The minimum Gasteiger partial charge on any atom is -0.497 e. The molecule has 1 aromatic carbocycles. The number of carbonyl (C=O) groups excluding carboxylic acids is 1. The number of piperidine rings is 1. The van der Waals surface area contributed by atoms with E-state index < -0.39 is 10.0 Å². The van der Waals surface area contributed by atoms with Gasteiger partial charge in [0, 0.05) is 36.8 Å². The topological polar surface area (TPSA) is 84.9 Å². The van der Waals surface area contributed by atoms with E-state index in [1.54, 1.807) is 32.4 Å². The van der Waals surface area contributed by atoms with Crippen molar-refractivity contribution in [1.29, 1.82) is 0 Å². The van der Waals surface area contributed by atoms with Gasteiger partial charge in [0.2, 0.25) is 15.9 Å². The monoisotopic (exact) mass is 368 g/mol. The molecule has 0 spiro atoms. The summed E-state index contributed by atoms with van der Waals surface area (Å²) in [6.07, 6.45) is 5.56. The third-order valence-corrected chi connectivity index (χ3v) is 5.43. The average molecular weight is 368 g/mol. The standard InChI is InChI=1S/C17H24N2O5S/c1-23-15-6-4-13(16(12-15)24-2)5-7-17(20)18-14-8-10-19(11-9-14)25(3,21)22/h4-7,12,14H,8-11H2,1-3H3,(H,18,20)/b7-5+. The number of amides is 1. The molecule has 0 bridgehead atoms. The van der Waals surface area contributed by atoms with Crippen molar-refractivity contribution in [1.82, 2.24) is 9.62 Å². The normalized spacial score (nSPS) is 16.8. The molecule has 0 aromatic heterocycles. The van der Waals surface area contributed by atoms with E-state index in [1.165, 1.54) is 16.6 Å². The first kappa shape index (κ1) is 19.3. The maximum absolute atomic E-state index is 12.1. The fraction of sp³-hybridized carbons (Fsp3) is 0.471. The summed E-state index contributed by atoms with van der Waals surface area (Å²) < 4.78 is 34.8. The summed E-state index contributed by atoms with van der Waals surface area (Å²) in [5.41, 5.74) is 0.769. The fourth-order valence-electron chi connectivity index (χ4n) is 2.70. The largest absolute Gasteiger partial charge is 0.497 e. The van der Waals surface area contributed by atoms with Crippen molar-refractivity contribution in [3.63, 3.8) is 0 Å². The van der Waals surface area contributed by atoms with Crippen molar-refractivity contribution in [3.8, 4) is 11.5 Å². The van der Waals surface area contributed by atoms with Gasteiger partial charge in [0.05, 0.1) is 20.5 Å². The van der Waals surface area contributed by atoms with Gasteiger partial charge in [0.15, 0.2) is 0 Å². The first-order valence-electron chi connectivity index (χ1n) is 7.99. The molecule has 0 unspecified atom stereocenters. The Hall–Kier alpha value is -2.06. The molecule has 1 saturated heterocycles. The van der Waals surface area contributed by atoms with Crippen LogP contribution in [0.3, 0.4) is 0 Å².